The summed E-state index contributed by atoms with van der Waals surface area (Å²) in [6.45, 7) is 8.87. The van der Waals surface area contributed by atoms with Gasteiger partial charge in [0.25, 0.3) is 0 Å². The molecule has 3 heteroatoms. The van der Waals surface area contributed by atoms with Gasteiger partial charge in [0.05, 0.1) is 6.61 Å². The molecule has 3 aromatic rings. The van der Waals surface area contributed by atoms with E-state index in [1.807, 2.05) is 23.1 Å². The molecular weight excluding hydrogens is 382 g/mol. The van der Waals surface area contributed by atoms with Crippen molar-refractivity contribution in [2.24, 2.45) is 0 Å². The van der Waals surface area contributed by atoms with Crippen LogP contribution in [0.5, 0.6) is 5.75 Å². The monoisotopic (exact) mass is 413 g/mol. The van der Waals surface area contributed by atoms with Crippen LogP contribution in [-0.2, 0) is 16.6 Å². The molecule has 0 fully saturated rings. The molecule has 0 aromatic heterocycles. The molecule has 0 aliphatic carbocycles. The normalized spacial score (nSPS) is 19.5. The average molecular weight is 414 g/mol. The summed E-state index contributed by atoms with van der Waals surface area (Å²) in [5, 5.41) is 0. The van der Waals surface area contributed by atoms with Gasteiger partial charge in [-0.25, -0.2) is 0 Å². The molecule has 1 atom stereocenters. The first-order valence-corrected chi connectivity index (χ1v) is 11.0. The van der Waals surface area contributed by atoms with Crippen LogP contribution in [0, 0.1) is 0 Å². The molecule has 1 aliphatic heterocycles. The van der Waals surface area contributed by atoms with Crippen molar-refractivity contribution >= 4 is 11.6 Å². The summed E-state index contributed by atoms with van der Waals surface area (Å²) in [5.41, 5.74) is 4.13. The number of amides is 1. The van der Waals surface area contributed by atoms with E-state index >= 15 is 0 Å². The summed E-state index contributed by atoms with van der Waals surface area (Å²) in [6, 6.07) is 27.2. The molecular formula is C28H31NO2. The van der Waals surface area contributed by atoms with E-state index in [1.54, 1.807) is 6.92 Å². The number of hydrogen-bond acceptors (Lipinski definition) is 2. The standard InChI is InChI=1S/C28H31NO2/c1-21(30)29-26-16-15-24(31-18-17-22-11-7-5-8-12-22)19-25(26)28(4,20-27(29,2)3)23-13-9-6-10-14-23/h5-16,19H,17-18,20H2,1-4H3. The Balaban J connectivity index is 1.71. The van der Waals surface area contributed by atoms with Gasteiger partial charge in [0.15, 0.2) is 0 Å². The number of rotatable bonds is 5. The van der Waals surface area contributed by atoms with Crippen LogP contribution in [0.25, 0.3) is 0 Å². The maximum Gasteiger partial charge on any atom is 0.224 e. The average Bonchev–Trinajstić information content (AvgIpc) is 2.74. The van der Waals surface area contributed by atoms with Crippen molar-refractivity contribution < 1.29 is 9.53 Å². The van der Waals surface area contributed by atoms with Crippen molar-refractivity contribution in [2.45, 2.75) is 51.5 Å². The Morgan fingerprint density at radius 1 is 0.935 bits per heavy atom. The fourth-order valence-corrected chi connectivity index (χ4v) is 5.20. The molecule has 31 heavy (non-hydrogen) atoms. The summed E-state index contributed by atoms with van der Waals surface area (Å²) in [7, 11) is 0. The summed E-state index contributed by atoms with van der Waals surface area (Å²) >= 11 is 0. The topological polar surface area (TPSA) is 29.5 Å². The summed E-state index contributed by atoms with van der Waals surface area (Å²) in [6.07, 6.45) is 1.70. The first-order chi connectivity index (χ1) is 14.8. The van der Waals surface area contributed by atoms with E-state index in [0.29, 0.717) is 6.61 Å². The fraction of sp³-hybridized carbons (Fsp3) is 0.321. The smallest absolute Gasteiger partial charge is 0.224 e. The molecule has 3 nitrogen and oxygen atoms in total. The Morgan fingerprint density at radius 3 is 2.23 bits per heavy atom. The number of carbonyl (C=O) groups excluding carboxylic acids is 1. The summed E-state index contributed by atoms with van der Waals surface area (Å²) < 4.78 is 6.15. The lowest BCUT2D eigenvalue weighted by Crippen LogP contribution is -2.55. The second kappa shape index (κ2) is 8.22. The number of ether oxygens (including phenoxy) is 1. The zero-order chi connectivity index (χ0) is 22.1. The molecule has 0 saturated heterocycles. The number of hydrogen-bond donors (Lipinski definition) is 0. The minimum absolute atomic E-state index is 0.0686. The summed E-state index contributed by atoms with van der Waals surface area (Å²) in [4.78, 5) is 14.6. The molecule has 0 N–H and O–H groups in total. The highest BCUT2D eigenvalue weighted by Crippen LogP contribution is 2.51. The minimum atomic E-state index is -0.293. The van der Waals surface area contributed by atoms with Crippen molar-refractivity contribution in [1.82, 2.24) is 0 Å². The van der Waals surface area contributed by atoms with Crippen LogP contribution in [-0.4, -0.2) is 18.1 Å². The number of nitrogens with zero attached hydrogens (tertiary/aromatic N) is 1. The maximum atomic E-state index is 12.6. The molecule has 0 radical (unpaired) electrons. The van der Waals surface area contributed by atoms with Gasteiger partial charge in [-0.2, -0.15) is 0 Å². The van der Waals surface area contributed by atoms with Gasteiger partial charge in [0.1, 0.15) is 5.75 Å². The van der Waals surface area contributed by atoms with Crippen molar-refractivity contribution in [1.29, 1.82) is 0 Å². The number of anilines is 1. The Labute approximate surface area is 185 Å². The highest BCUT2D eigenvalue weighted by atomic mass is 16.5. The van der Waals surface area contributed by atoms with Gasteiger partial charge in [-0.05, 0) is 55.2 Å². The molecule has 1 heterocycles. The largest absolute Gasteiger partial charge is 0.493 e. The fourth-order valence-electron chi connectivity index (χ4n) is 5.20. The zero-order valence-electron chi connectivity index (χ0n) is 18.9. The molecule has 4 rings (SSSR count). The number of benzene rings is 3. The van der Waals surface area contributed by atoms with Crippen molar-refractivity contribution in [2.75, 3.05) is 11.5 Å². The van der Waals surface area contributed by atoms with E-state index < -0.39 is 0 Å². The van der Waals surface area contributed by atoms with Gasteiger partial charge in [-0.15, -0.1) is 0 Å². The third-order valence-corrected chi connectivity index (χ3v) is 6.42. The van der Waals surface area contributed by atoms with Crippen molar-refractivity contribution in [3.63, 3.8) is 0 Å². The van der Waals surface area contributed by atoms with Gasteiger partial charge in [-0.1, -0.05) is 67.6 Å². The summed E-state index contributed by atoms with van der Waals surface area (Å²) in [5.74, 6) is 0.916. The number of fused-ring (bicyclic) bond motifs is 1. The molecule has 160 valence electrons. The molecule has 1 unspecified atom stereocenters. The van der Waals surface area contributed by atoms with E-state index in [-0.39, 0.29) is 16.9 Å². The van der Waals surface area contributed by atoms with E-state index in [4.69, 9.17) is 4.74 Å². The van der Waals surface area contributed by atoms with Gasteiger partial charge in [0.2, 0.25) is 5.91 Å². The maximum absolute atomic E-state index is 12.6. The van der Waals surface area contributed by atoms with Crippen molar-refractivity contribution in [3.8, 4) is 5.75 Å². The molecule has 0 bridgehead atoms. The van der Waals surface area contributed by atoms with Crippen LogP contribution in [0.4, 0.5) is 5.69 Å². The predicted molar refractivity (Wildman–Crippen MR) is 127 cm³/mol. The second-order valence-electron chi connectivity index (χ2n) is 9.30. The Hall–Kier alpha value is -3.07. The van der Waals surface area contributed by atoms with Crippen LogP contribution >= 0.6 is 0 Å². The first-order valence-electron chi connectivity index (χ1n) is 11.0. The van der Waals surface area contributed by atoms with Gasteiger partial charge < -0.3 is 9.64 Å². The van der Waals surface area contributed by atoms with Crippen molar-refractivity contribution in [3.05, 3.63) is 95.6 Å². The van der Waals surface area contributed by atoms with Gasteiger partial charge in [-0.3, -0.25) is 4.79 Å². The first kappa shape index (κ1) is 21.2. The Bertz CT molecular complexity index is 1060. The lowest BCUT2D eigenvalue weighted by Gasteiger charge is -2.51. The van der Waals surface area contributed by atoms with Crippen LogP contribution in [0.1, 0.15) is 50.8 Å². The number of carbonyl (C=O) groups is 1. The van der Waals surface area contributed by atoms with E-state index in [1.165, 1.54) is 11.1 Å². The van der Waals surface area contributed by atoms with Crippen LogP contribution in [0.3, 0.4) is 0 Å². The second-order valence-corrected chi connectivity index (χ2v) is 9.30. The van der Waals surface area contributed by atoms with Gasteiger partial charge in [0, 0.05) is 30.0 Å². The SMILES string of the molecule is CC(=O)N1c2ccc(OCCc3ccccc3)cc2C(C)(c2ccccc2)CC1(C)C. The van der Waals surface area contributed by atoms with E-state index in [0.717, 1.165) is 29.8 Å². The lowest BCUT2D eigenvalue weighted by atomic mass is 9.65. The third-order valence-electron chi connectivity index (χ3n) is 6.42. The lowest BCUT2D eigenvalue weighted by molar-refractivity contribution is -0.117. The van der Waals surface area contributed by atoms with Crippen LogP contribution in [0.2, 0.25) is 0 Å². The minimum Gasteiger partial charge on any atom is -0.493 e. The van der Waals surface area contributed by atoms with E-state index in [2.05, 4.69) is 81.4 Å². The Kier molecular flexibility index (Phi) is 5.62. The zero-order valence-corrected chi connectivity index (χ0v) is 18.9. The third kappa shape index (κ3) is 4.10. The van der Waals surface area contributed by atoms with E-state index in [9.17, 15) is 4.79 Å². The molecule has 1 amide bonds. The predicted octanol–water partition coefficient (Wildman–Crippen LogP) is 6.15. The Morgan fingerprint density at radius 2 is 1.58 bits per heavy atom. The molecule has 0 saturated carbocycles. The highest BCUT2D eigenvalue weighted by Gasteiger charge is 2.47. The molecule has 1 aliphatic rings. The molecule has 3 aromatic carbocycles. The highest BCUT2D eigenvalue weighted by molar-refractivity contribution is 5.95. The van der Waals surface area contributed by atoms with Crippen LogP contribution < -0.4 is 9.64 Å². The van der Waals surface area contributed by atoms with Crippen LogP contribution in [0.15, 0.2) is 78.9 Å². The quantitative estimate of drug-likeness (QED) is 0.502. The molecule has 0 spiro atoms. The van der Waals surface area contributed by atoms with Gasteiger partial charge >= 0.3 is 0 Å².